The van der Waals surface area contributed by atoms with Crippen molar-refractivity contribution in [1.29, 1.82) is 0 Å². The number of rotatable bonds is 2. The lowest BCUT2D eigenvalue weighted by Gasteiger charge is -2.16. The first-order chi connectivity index (χ1) is 9.87. The second-order valence-electron chi connectivity index (χ2n) is 6.25. The van der Waals surface area contributed by atoms with E-state index in [2.05, 4.69) is 35.8 Å². The number of halogens is 2. The van der Waals surface area contributed by atoms with Gasteiger partial charge < -0.3 is 4.74 Å². The van der Waals surface area contributed by atoms with Crippen LogP contribution >= 0.6 is 15.9 Å². The van der Waals surface area contributed by atoms with Gasteiger partial charge in [0, 0.05) is 12.0 Å². The molecule has 21 heavy (non-hydrogen) atoms. The van der Waals surface area contributed by atoms with Crippen LogP contribution in [0.5, 0.6) is 5.75 Å². The molecule has 0 fully saturated rings. The summed E-state index contributed by atoms with van der Waals surface area (Å²) >= 11 is 3.64. The normalized spacial score (nSPS) is 17.2. The first kappa shape index (κ1) is 14.6. The van der Waals surface area contributed by atoms with Gasteiger partial charge in [0.2, 0.25) is 0 Å². The van der Waals surface area contributed by atoms with Crippen molar-refractivity contribution >= 4 is 15.9 Å². The number of ether oxygens (including phenoxy) is 1. The van der Waals surface area contributed by atoms with Crippen LogP contribution in [0.15, 0.2) is 36.4 Å². The summed E-state index contributed by atoms with van der Waals surface area (Å²) in [5.74, 6) is 0.796. The predicted molar refractivity (Wildman–Crippen MR) is 86.8 cm³/mol. The Hall–Kier alpha value is -1.35. The topological polar surface area (TPSA) is 9.23 Å². The van der Waals surface area contributed by atoms with Crippen LogP contribution in [0.4, 0.5) is 4.39 Å². The van der Waals surface area contributed by atoms with Crippen molar-refractivity contribution in [3.8, 4) is 5.75 Å². The third kappa shape index (κ3) is 2.71. The number of alkyl halides is 1. The molecule has 0 amide bonds. The first-order valence-corrected chi connectivity index (χ1v) is 8.00. The summed E-state index contributed by atoms with van der Waals surface area (Å²) in [7, 11) is 0. The molecule has 110 valence electrons. The van der Waals surface area contributed by atoms with Gasteiger partial charge >= 0.3 is 0 Å². The zero-order chi connectivity index (χ0) is 15.2. The number of benzene rings is 2. The maximum Gasteiger partial charge on any atom is 0.130 e. The zero-order valence-corrected chi connectivity index (χ0v) is 14.0. The monoisotopic (exact) mass is 348 g/mol. The van der Waals surface area contributed by atoms with Crippen LogP contribution in [0.25, 0.3) is 0 Å². The molecule has 1 nitrogen and oxygen atoms in total. The Morgan fingerprint density at radius 3 is 2.76 bits per heavy atom. The van der Waals surface area contributed by atoms with E-state index in [1.807, 2.05) is 24.3 Å². The summed E-state index contributed by atoms with van der Waals surface area (Å²) in [4.78, 5) is -0.147. The van der Waals surface area contributed by atoms with Crippen LogP contribution in [0.1, 0.15) is 40.9 Å². The van der Waals surface area contributed by atoms with Crippen LogP contribution in [0.3, 0.4) is 0 Å². The molecule has 0 bridgehead atoms. The second-order valence-corrected chi connectivity index (χ2v) is 7.16. The summed E-state index contributed by atoms with van der Waals surface area (Å²) < 4.78 is 20.2. The Morgan fingerprint density at radius 1 is 1.24 bits per heavy atom. The summed E-state index contributed by atoms with van der Waals surface area (Å²) in [6.45, 7) is 5.95. The van der Waals surface area contributed by atoms with Crippen molar-refractivity contribution in [2.45, 2.75) is 37.6 Å². The highest BCUT2D eigenvalue weighted by molar-refractivity contribution is 9.09. The van der Waals surface area contributed by atoms with Crippen LogP contribution < -0.4 is 4.74 Å². The Morgan fingerprint density at radius 2 is 2.00 bits per heavy atom. The maximum atomic E-state index is 14.3. The van der Waals surface area contributed by atoms with E-state index >= 15 is 0 Å². The van der Waals surface area contributed by atoms with E-state index in [9.17, 15) is 4.39 Å². The lowest BCUT2D eigenvalue weighted by atomic mass is 9.97. The van der Waals surface area contributed by atoms with Crippen LogP contribution in [0, 0.1) is 12.7 Å². The fraction of sp³-hybridized carbons (Fsp3) is 0.333. The molecule has 1 unspecified atom stereocenters. The Labute approximate surface area is 133 Å². The molecule has 0 aromatic heterocycles. The molecule has 3 rings (SSSR count). The molecule has 0 spiro atoms. The highest BCUT2D eigenvalue weighted by atomic mass is 79.9. The lowest BCUT2D eigenvalue weighted by Crippen LogP contribution is -2.24. The third-order valence-corrected chi connectivity index (χ3v) is 4.90. The minimum Gasteiger partial charge on any atom is -0.487 e. The van der Waals surface area contributed by atoms with Gasteiger partial charge in [0.25, 0.3) is 0 Å². The van der Waals surface area contributed by atoms with E-state index in [1.165, 1.54) is 5.56 Å². The van der Waals surface area contributed by atoms with Gasteiger partial charge in [0.1, 0.15) is 17.2 Å². The van der Waals surface area contributed by atoms with E-state index in [4.69, 9.17) is 4.74 Å². The molecule has 3 heteroatoms. The van der Waals surface area contributed by atoms with E-state index in [1.54, 1.807) is 13.0 Å². The molecule has 1 atom stereocenters. The standard InChI is InChI=1S/C18H18BrFO/c1-11-5-4-6-14(17(11)20)16(19)12-7-8-15-13(9-12)10-18(2,3)21-15/h4-9,16H,10H2,1-3H3. The van der Waals surface area contributed by atoms with E-state index < -0.39 is 0 Å². The predicted octanol–water partition coefficient (Wildman–Crippen LogP) is 5.33. The third-order valence-electron chi connectivity index (χ3n) is 3.87. The Bertz CT molecular complexity index is 694. The highest BCUT2D eigenvalue weighted by Gasteiger charge is 2.30. The minimum atomic E-state index is -0.155. The molecular formula is C18H18BrFO. The largest absolute Gasteiger partial charge is 0.487 e. The van der Waals surface area contributed by atoms with E-state index in [0.29, 0.717) is 11.1 Å². The van der Waals surface area contributed by atoms with Crippen molar-refractivity contribution < 1.29 is 9.13 Å². The van der Waals surface area contributed by atoms with Gasteiger partial charge in [-0.25, -0.2) is 4.39 Å². The second kappa shape index (κ2) is 5.13. The summed E-state index contributed by atoms with van der Waals surface area (Å²) in [5.41, 5.74) is 3.43. The van der Waals surface area contributed by atoms with Crippen LogP contribution in [-0.4, -0.2) is 5.60 Å². The zero-order valence-electron chi connectivity index (χ0n) is 12.4. The summed E-state index contributed by atoms with van der Waals surface area (Å²) in [5, 5.41) is 0. The molecule has 2 aromatic carbocycles. The molecule has 2 aromatic rings. The quantitative estimate of drug-likeness (QED) is 0.666. The first-order valence-electron chi connectivity index (χ1n) is 7.08. The fourth-order valence-corrected chi connectivity index (χ4v) is 3.47. The van der Waals surface area contributed by atoms with Crippen molar-refractivity contribution in [3.05, 3.63) is 64.5 Å². The van der Waals surface area contributed by atoms with Gasteiger partial charge in [-0.2, -0.15) is 0 Å². The Balaban J connectivity index is 1.97. The van der Waals surface area contributed by atoms with Crippen molar-refractivity contribution in [3.63, 3.8) is 0 Å². The number of hydrogen-bond donors (Lipinski definition) is 0. The molecule has 1 aliphatic heterocycles. The van der Waals surface area contributed by atoms with Gasteiger partial charge in [-0.1, -0.05) is 46.3 Å². The van der Waals surface area contributed by atoms with Gasteiger partial charge in [-0.15, -0.1) is 0 Å². The molecule has 1 heterocycles. The van der Waals surface area contributed by atoms with Crippen molar-refractivity contribution in [2.24, 2.45) is 0 Å². The van der Waals surface area contributed by atoms with E-state index in [-0.39, 0.29) is 16.2 Å². The molecule has 0 saturated heterocycles. The van der Waals surface area contributed by atoms with Gasteiger partial charge in [0.05, 0.1) is 4.83 Å². The molecule has 0 N–H and O–H groups in total. The number of fused-ring (bicyclic) bond motifs is 1. The van der Waals surface area contributed by atoms with Crippen LogP contribution in [0.2, 0.25) is 0 Å². The highest BCUT2D eigenvalue weighted by Crippen LogP contribution is 2.39. The Kier molecular flexibility index (Phi) is 3.56. The van der Waals surface area contributed by atoms with Gasteiger partial charge in [-0.3, -0.25) is 0 Å². The SMILES string of the molecule is Cc1cccc(C(Br)c2ccc3c(c2)CC(C)(C)O3)c1F. The smallest absolute Gasteiger partial charge is 0.130 e. The summed E-state index contributed by atoms with van der Waals surface area (Å²) in [6.07, 6.45) is 0.881. The van der Waals surface area contributed by atoms with E-state index in [0.717, 1.165) is 17.7 Å². The fourth-order valence-electron chi connectivity index (χ4n) is 2.83. The molecule has 0 saturated carbocycles. The van der Waals surface area contributed by atoms with Crippen LogP contribution in [-0.2, 0) is 6.42 Å². The van der Waals surface area contributed by atoms with Gasteiger partial charge in [0.15, 0.2) is 0 Å². The lowest BCUT2D eigenvalue weighted by molar-refractivity contribution is 0.138. The molecule has 0 aliphatic carbocycles. The number of hydrogen-bond acceptors (Lipinski definition) is 1. The average molecular weight is 349 g/mol. The molecule has 0 radical (unpaired) electrons. The maximum absolute atomic E-state index is 14.3. The van der Waals surface area contributed by atoms with Crippen molar-refractivity contribution in [2.75, 3.05) is 0 Å². The number of aryl methyl sites for hydroxylation is 1. The minimum absolute atomic E-state index is 0.142. The molecule has 1 aliphatic rings. The summed E-state index contributed by atoms with van der Waals surface area (Å²) in [6, 6.07) is 11.6. The average Bonchev–Trinajstić information content (AvgIpc) is 2.73. The van der Waals surface area contributed by atoms with Gasteiger partial charge in [-0.05, 0) is 43.5 Å². The molecular weight excluding hydrogens is 331 g/mol. The van der Waals surface area contributed by atoms with Crippen molar-refractivity contribution in [1.82, 2.24) is 0 Å².